The smallest absolute Gasteiger partial charge is 0.383 e. The van der Waals surface area contributed by atoms with Gasteiger partial charge in [-0.2, -0.15) is 13.2 Å². The number of hydrogen-bond acceptors (Lipinski definition) is 7. The second-order valence-electron chi connectivity index (χ2n) is 8.59. The van der Waals surface area contributed by atoms with Crippen molar-refractivity contribution in [2.24, 2.45) is 11.7 Å². The molecule has 0 unspecified atom stereocenters. The van der Waals surface area contributed by atoms with Crippen LogP contribution in [0.5, 0.6) is 0 Å². The van der Waals surface area contributed by atoms with Gasteiger partial charge in [-0.15, -0.1) is 11.3 Å². The molecule has 1 aliphatic rings. The second-order valence-corrected chi connectivity index (χ2v) is 9.62. The monoisotopic (exact) mass is 491 g/mol. The molecule has 3 N–H and O–H groups in total. The Balaban J connectivity index is 1.60. The van der Waals surface area contributed by atoms with Crippen LogP contribution in [-0.4, -0.2) is 33.0 Å². The van der Waals surface area contributed by atoms with Gasteiger partial charge < -0.3 is 15.7 Å². The van der Waals surface area contributed by atoms with E-state index in [9.17, 15) is 23.1 Å². The Hall–Kier alpha value is -3.05. The number of benzene rings is 1. The number of carbonyl (C=O) groups is 1. The lowest BCUT2D eigenvalue weighted by molar-refractivity contribution is -0.141. The first-order valence-electron chi connectivity index (χ1n) is 10.7. The molecule has 2 aromatic heterocycles. The highest BCUT2D eigenvalue weighted by Gasteiger charge is 2.39. The van der Waals surface area contributed by atoms with Crippen LogP contribution in [0.3, 0.4) is 0 Å². The van der Waals surface area contributed by atoms with Crippen LogP contribution in [0.25, 0.3) is 10.4 Å². The third-order valence-electron chi connectivity index (χ3n) is 6.09. The van der Waals surface area contributed by atoms with Crippen molar-refractivity contribution >= 4 is 28.9 Å². The molecule has 1 aliphatic carbocycles. The summed E-state index contributed by atoms with van der Waals surface area (Å²) in [4.78, 5) is 25.8. The van der Waals surface area contributed by atoms with E-state index in [2.05, 4.69) is 15.0 Å². The van der Waals surface area contributed by atoms with Crippen LogP contribution in [0.1, 0.15) is 41.9 Å². The van der Waals surface area contributed by atoms with Gasteiger partial charge in [-0.3, -0.25) is 4.79 Å². The van der Waals surface area contributed by atoms with Crippen LogP contribution >= 0.6 is 11.3 Å². The van der Waals surface area contributed by atoms with Gasteiger partial charge in [-0.05, 0) is 61.9 Å². The number of carbonyl (C=O) groups excluding carboxylic acids is 1. The molecule has 0 atom stereocenters. The highest BCUT2D eigenvalue weighted by atomic mass is 32.1. The van der Waals surface area contributed by atoms with Gasteiger partial charge in [-0.1, -0.05) is 6.07 Å². The summed E-state index contributed by atoms with van der Waals surface area (Å²) in [6.45, 7) is 1.88. The molecule has 4 rings (SSSR count). The summed E-state index contributed by atoms with van der Waals surface area (Å²) in [5, 5.41) is 11.7. The molecule has 0 bridgehead atoms. The van der Waals surface area contributed by atoms with E-state index in [0.29, 0.717) is 36.4 Å². The predicted octanol–water partition coefficient (Wildman–Crippen LogP) is 4.56. The molecule has 1 aromatic carbocycles. The fourth-order valence-corrected chi connectivity index (χ4v) is 5.15. The van der Waals surface area contributed by atoms with Crippen molar-refractivity contribution < 1.29 is 23.1 Å². The van der Waals surface area contributed by atoms with Gasteiger partial charge in [-0.25, -0.2) is 15.0 Å². The molecule has 0 radical (unpaired) electrons. The standard InChI is InChI=1S/C23H24F3N5O2S/c1-13-9-15(11-16(10-13)31(2)21-28-8-5-18(30-21)23(24,25)26)17-12-29-20(34-17)22(33)6-3-14(4-7-22)19(27)32/h5,8-12,14,33H,3-4,6-7H2,1-2H3,(H2,27,32). The first-order valence-corrected chi connectivity index (χ1v) is 11.5. The number of hydrogen-bond donors (Lipinski definition) is 2. The highest BCUT2D eigenvalue weighted by Crippen LogP contribution is 2.43. The maximum Gasteiger partial charge on any atom is 0.433 e. The van der Waals surface area contributed by atoms with Gasteiger partial charge >= 0.3 is 6.18 Å². The molecule has 11 heteroatoms. The van der Waals surface area contributed by atoms with E-state index in [1.54, 1.807) is 13.2 Å². The fourth-order valence-electron chi connectivity index (χ4n) is 4.10. The molecule has 0 spiro atoms. The van der Waals surface area contributed by atoms with Crippen LogP contribution in [0.15, 0.2) is 36.7 Å². The first-order chi connectivity index (χ1) is 16.0. The lowest BCUT2D eigenvalue weighted by atomic mass is 9.79. The number of aryl methyl sites for hydroxylation is 1. The molecular weight excluding hydrogens is 467 g/mol. The molecular formula is C23H24F3N5O2S. The summed E-state index contributed by atoms with van der Waals surface area (Å²) in [7, 11) is 1.60. The van der Waals surface area contributed by atoms with E-state index in [1.165, 1.54) is 16.2 Å². The van der Waals surface area contributed by atoms with Crippen molar-refractivity contribution in [3.63, 3.8) is 0 Å². The molecule has 0 aliphatic heterocycles. The minimum Gasteiger partial charge on any atom is -0.383 e. The Morgan fingerprint density at radius 3 is 2.59 bits per heavy atom. The number of anilines is 2. The predicted molar refractivity (Wildman–Crippen MR) is 122 cm³/mol. The van der Waals surface area contributed by atoms with Crippen molar-refractivity contribution in [3.8, 4) is 10.4 Å². The van der Waals surface area contributed by atoms with Gasteiger partial charge in [0, 0.05) is 31.0 Å². The summed E-state index contributed by atoms with van der Waals surface area (Å²) in [5.74, 6) is -0.646. The Morgan fingerprint density at radius 1 is 1.24 bits per heavy atom. The van der Waals surface area contributed by atoms with Crippen molar-refractivity contribution in [3.05, 3.63) is 52.9 Å². The van der Waals surface area contributed by atoms with Crippen LogP contribution in [0, 0.1) is 12.8 Å². The minimum absolute atomic E-state index is 0.0723. The molecule has 0 saturated heterocycles. The summed E-state index contributed by atoms with van der Waals surface area (Å²) < 4.78 is 39.2. The quantitative estimate of drug-likeness (QED) is 0.542. The first kappa shape index (κ1) is 24.1. The number of amides is 1. The zero-order valence-electron chi connectivity index (χ0n) is 18.6. The van der Waals surface area contributed by atoms with Crippen LogP contribution in [0.2, 0.25) is 0 Å². The normalized spacial score (nSPS) is 20.8. The number of alkyl halides is 3. The molecule has 7 nitrogen and oxygen atoms in total. The fraction of sp³-hybridized carbons (Fsp3) is 0.391. The van der Waals surface area contributed by atoms with Crippen molar-refractivity contribution in [2.45, 2.75) is 44.4 Å². The Bertz CT molecular complexity index is 1210. The van der Waals surface area contributed by atoms with Crippen molar-refractivity contribution in [1.82, 2.24) is 15.0 Å². The molecule has 2 heterocycles. The molecule has 3 aromatic rings. The number of nitrogens with zero attached hydrogens (tertiary/aromatic N) is 4. The van der Waals surface area contributed by atoms with E-state index in [-0.39, 0.29) is 17.8 Å². The van der Waals surface area contributed by atoms with E-state index in [4.69, 9.17) is 5.73 Å². The zero-order chi connectivity index (χ0) is 24.7. The number of thiazole rings is 1. The SMILES string of the molecule is Cc1cc(-c2cnc(C3(O)CCC(C(N)=O)CC3)s2)cc(N(C)c2nccc(C(F)(F)F)n2)c1. The minimum atomic E-state index is -4.56. The summed E-state index contributed by atoms with van der Waals surface area (Å²) in [5.41, 5.74) is 5.60. The maximum absolute atomic E-state index is 13.1. The Labute approximate surface area is 198 Å². The van der Waals surface area contributed by atoms with Gasteiger partial charge in [0.15, 0.2) is 0 Å². The largest absolute Gasteiger partial charge is 0.433 e. The van der Waals surface area contributed by atoms with E-state index in [0.717, 1.165) is 28.3 Å². The number of primary amides is 1. The van der Waals surface area contributed by atoms with Gasteiger partial charge in [0.05, 0.1) is 4.88 Å². The van der Waals surface area contributed by atoms with E-state index >= 15 is 0 Å². The lowest BCUT2D eigenvalue weighted by Crippen LogP contribution is -2.35. The Morgan fingerprint density at radius 2 is 1.94 bits per heavy atom. The molecule has 1 amide bonds. The van der Waals surface area contributed by atoms with Gasteiger partial charge in [0.2, 0.25) is 11.9 Å². The molecule has 34 heavy (non-hydrogen) atoms. The Kier molecular flexibility index (Phi) is 6.34. The highest BCUT2D eigenvalue weighted by molar-refractivity contribution is 7.15. The number of rotatable bonds is 5. The van der Waals surface area contributed by atoms with E-state index in [1.807, 2.05) is 25.1 Å². The van der Waals surface area contributed by atoms with Gasteiger partial charge in [0.25, 0.3) is 0 Å². The van der Waals surface area contributed by atoms with Crippen molar-refractivity contribution in [1.29, 1.82) is 0 Å². The zero-order valence-corrected chi connectivity index (χ0v) is 19.5. The van der Waals surface area contributed by atoms with Crippen LogP contribution in [0.4, 0.5) is 24.8 Å². The van der Waals surface area contributed by atoms with Gasteiger partial charge in [0.1, 0.15) is 16.3 Å². The average Bonchev–Trinajstić information content (AvgIpc) is 3.29. The van der Waals surface area contributed by atoms with E-state index < -0.39 is 17.5 Å². The summed E-state index contributed by atoms with van der Waals surface area (Å²) >= 11 is 1.36. The number of halogens is 3. The number of nitrogens with two attached hydrogens (primary N) is 1. The average molecular weight is 492 g/mol. The van der Waals surface area contributed by atoms with Crippen LogP contribution < -0.4 is 10.6 Å². The third kappa shape index (κ3) is 4.90. The molecule has 180 valence electrons. The number of aliphatic hydroxyl groups is 1. The van der Waals surface area contributed by atoms with Crippen molar-refractivity contribution in [2.75, 3.05) is 11.9 Å². The lowest BCUT2D eigenvalue weighted by Gasteiger charge is -2.33. The number of aromatic nitrogens is 3. The summed E-state index contributed by atoms with van der Waals surface area (Å²) in [6, 6.07) is 6.42. The molecule has 1 saturated carbocycles. The van der Waals surface area contributed by atoms with Crippen LogP contribution in [-0.2, 0) is 16.6 Å². The summed E-state index contributed by atoms with van der Waals surface area (Å²) in [6.07, 6.45) is 0.0316. The topological polar surface area (TPSA) is 105 Å². The maximum atomic E-state index is 13.1. The molecule has 1 fully saturated rings. The second kappa shape index (κ2) is 8.95. The third-order valence-corrected chi connectivity index (χ3v) is 7.33.